The molecular formula is C21H16N2O2S. The van der Waals surface area contributed by atoms with E-state index in [0.717, 1.165) is 21.7 Å². The molecule has 1 aliphatic rings. The molecule has 5 heteroatoms. The van der Waals surface area contributed by atoms with E-state index in [4.69, 9.17) is 20.9 Å². The zero-order valence-electron chi connectivity index (χ0n) is 14.2. The molecule has 1 aliphatic heterocycles. The monoisotopic (exact) mass is 360 g/mol. The summed E-state index contributed by atoms with van der Waals surface area (Å²) in [5.74, 6) is 5.81. The molecule has 26 heavy (non-hydrogen) atoms. The van der Waals surface area contributed by atoms with Crippen LogP contribution in [0.5, 0.6) is 17.4 Å². The average Bonchev–Trinajstić information content (AvgIpc) is 2.70. The highest BCUT2D eigenvalue weighted by Gasteiger charge is 2.26. The summed E-state index contributed by atoms with van der Waals surface area (Å²) in [5.41, 5.74) is 2.95. The van der Waals surface area contributed by atoms with Crippen molar-refractivity contribution in [2.45, 2.75) is 11.4 Å². The van der Waals surface area contributed by atoms with Crippen LogP contribution in [0.25, 0.3) is 11.4 Å². The number of rotatable bonds is 4. The Bertz CT molecular complexity index is 997. The van der Waals surface area contributed by atoms with Gasteiger partial charge < -0.3 is 9.47 Å². The maximum Gasteiger partial charge on any atom is 0.227 e. The predicted octanol–water partition coefficient (Wildman–Crippen LogP) is 4.57. The molecule has 0 atom stereocenters. The number of thioether (sulfide) groups is 1. The number of hydrogen-bond donors (Lipinski definition) is 0. The van der Waals surface area contributed by atoms with Crippen molar-refractivity contribution in [1.82, 2.24) is 9.97 Å². The van der Waals surface area contributed by atoms with Crippen LogP contribution in [0.2, 0.25) is 0 Å². The highest BCUT2D eigenvalue weighted by Crippen LogP contribution is 2.44. The molecule has 4 nitrogen and oxygen atoms in total. The molecule has 0 saturated carbocycles. The number of methoxy groups -OCH3 is 1. The van der Waals surface area contributed by atoms with Crippen LogP contribution in [-0.4, -0.2) is 22.8 Å². The van der Waals surface area contributed by atoms with E-state index in [2.05, 4.69) is 10.9 Å². The van der Waals surface area contributed by atoms with Gasteiger partial charge in [0, 0.05) is 17.5 Å². The van der Waals surface area contributed by atoms with Gasteiger partial charge in [0.15, 0.2) is 17.3 Å². The smallest absolute Gasteiger partial charge is 0.227 e. The maximum absolute atomic E-state index is 6.14. The second kappa shape index (κ2) is 7.11. The Balaban J connectivity index is 1.84. The molecule has 0 amide bonds. The number of terminal acetylenes is 1. The highest BCUT2D eigenvalue weighted by atomic mass is 32.2. The van der Waals surface area contributed by atoms with Crippen molar-refractivity contribution in [3.05, 3.63) is 59.7 Å². The summed E-state index contributed by atoms with van der Waals surface area (Å²) in [7, 11) is 1.64. The van der Waals surface area contributed by atoms with Crippen LogP contribution in [-0.2, 0) is 6.42 Å². The Labute approximate surface area is 156 Å². The predicted molar refractivity (Wildman–Crippen MR) is 103 cm³/mol. The summed E-state index contributed by atoms with van der Waals surface area (Å²) in [6.45, 7) is 0. The van der Waals surface area contributed by atoms with Gasteiger partial charge in [-0.25, -0.2) is 4.98 Å². The topological polar surface area (TPSA) is 44.2 Å². The number of aromatic nitrogens is 2. The normalized spacial score (nSPS) is 11.7. The molecule has 0 saturated heterocycles. The minimum absolute atomic E-state index is 0.544. The minimum atomic E-state index is 0.544. The SMILES string of the molecule is C#CCSc1nc(-c2ccccc2)nc2c1Cc1cccc(OC)c1O2. The molecule has 0 spiro atoms. The summed E-state index contributed by atoms with van der Waals surface area (Å²) < 4.78 is 11.6. The number of nitrogens with zero attached hydrogens (tertiary/aromatic N) is 2. The second-order valence-corrected chi connectivity index (χ2v) is 6.69. The molecule has 0 fully saturated rings. The van der Waals surface area contributed by atoms with Crippen LogP contribution in [0.4, 0.5) is 0 Å². The molecule has 0 unspecified atom stereocenters. The quantitative estimate of drug-likeness (QED) is 0.303. The van der Waals surface area contributed by atoms with Gasteiger partial charge in [0.25, 0.3) is 0 Å². The van der Waals surface area contributed by atoms with Gasteiger partial charge in [-0.3, -0.25) is 0 Å². The number of fused-ring (bicyclic) bond motifs is 2. The van der Waals surface area contributed by atoms with Gasteiger partial charge in [0.05, 0.1) is 18.4 Å². The maximum atomic E-state index is 6.14. The van der Waals surface area contributed by atoms with Crippen molar-refractivity contribution in [2.75, 3.05) is 12.9 Å². The largest absolute Gasteiger partial charge is 0.493 e. The summed E-state index contributed by atoms with van der Waals surface area (Å²) in [4.78, 5) is 9.43. The third-order valence-corrected chi connectivity index (χ3v) is 5.02. The van der Waals surface area contributed by atoms with E-state index >= 15 is 0 Å². The van der Waals surface area contributed by atoms with Gasteiger partial charge in [0.2, 0.25) is 5.88 Å². The zero-order chi connectivity index (χ0) is 17.9. The lowest BCUT2D eigenvalue weighted by atomic mass is 10.0. The molecule has 0 radical (unpaired) electrons. The Morgan fingerprint density at radius 1 is 1.15 bits per heavy atom. The molecule has 3 aromatic rings. The van der Waals surface area contributed by atoms with Crippen LogP contribution >= 0.6 is 11.8 Å². The third-order valence-electron chi connectivity index (χ3n) is 4.10. The molecule has 1 aromatic heterocycles. The van der Waals surface area contributed by atoms with Crippen LogP contribution < -0.4 is 9.47 Å². The van der Waals surface area contributed by atoms with Crippen LogP contribution in [0.1, 0.15) is 11.1 Å². The first-order valence-electron chi connectivity index (χ1n) is 8.16. The lowest BCUT2D eigenvalue weighted by molar-refractivity contribution is 0.364. The molecule has 2 aromatic carbocycles. The second-order valence-electron chi connectivity index (χ2n) is 5.72. The van der Waals surface area contributed by atoms with Crippen molar-refractivity contribution in [3.8, 4) is 41.1 Å². The van der Waals surface area contributed by atoms with Crippen molar-refractivity contribution in [2.24, 2.45) is 0 Å². The zero-order valence-corrected chi connectivity index (χ0v) is 15.0. The summed E-state index contributed by atoms with van der Waals surface area (Å²) in [6.07, 6.45) is 6.14. The summed E-state index contributed by atoms with van der Waals surface area (Å²) in [6, 6.07) is 15.7. The van der Waals surface area contributed by atoms with E-state index in [0.29, 0.717) is 35.4 Å². The van der Waals surface area contributed by atoms with Crippen molar-refractivity contribution in [1.29, 1.82) is 0 Å². The lowest BCUT2D eigenvalue weighted by Gasteiger charge is -2.23. The molecule has 0 N–H and O–H groups in total. The first kappa shape index (κ1) is 16.5. The fraction of sp³-hybridized carbons (Fsp3) is 0.143. The van der Waals surface area contributed by atoms with Crippen molar-refractivity contribution >= 4 is 11.8 Å². The Kier molecular flexibility index (Phi) is 4.51. The van der Waals surface area contributed by atoms with E-state index < -0.39 is 0 Å². The van der Waals surface area contributed by atoms with E-state index in [1.807, 2.05) is 48.5 Å². The average molecular weight is 360 g/mol. The molecule has 2 heterocycles. The van der Waals surface area contributed by atoms with Gasteiger partial charge >= 0.3 is 0 Å². The number of hydrogen-bond acceptors (Lipinski definition) is 5. The third kappa shape index (κ3) is 3.00. The first-order chi connectivity index (χ1) is 12.8. The Hall–Kier alpha value is -2.97. The van der Waals surface area contributed by atoms with Gasteiger partial charge in [-0.15, -0.1) is 6.42 Å². The minimum Gasteiger partial charge on any atom is -0.493 e. The standard InChI is InChI=1S/C21H16N2O2S/c1-3-12-26-21-16-13-15-10-7-11-17(24-2)18(15)25-20(16)22-19(23-21)14-8-5-4-6-9-14/h1,4-11H,12-13H2,2H3. The fourth-order valence-electron chi connectivity index (χ4n) is 2.89. The molecule has 0 aliphatic carbocycles. The lowest BCUT2D eigenvalue weighted by Crippen LogP contribution is -2.10. The van der Waals surface area contributed by atoms with E-state index in [1.165, 1.54) is 11.8 Å². The van der Waals surface area contributed by atoms with E-state index in [9.17, 15) is 0 Å². The van der Waals surface area contributed by atoms with Crippen LogP contribution in [0.3, 0.4) is 0 Å². The number of ether oxygens (including phenoxy) is 2. The number of para-hydroxylation sites is 1. The molecule has 128 valence electrons. The summed E-state index contributed by atoms with van der Waals surface area (Å²) >= 11 is 1.53. The first-order valence-corrected chi connectivity index (χ1v) is 9.15. The van der Waals surface area contributed by atoms with E-state index in [-0.39, 0.29) is 0 Å². The fourth-order valence-corrected chi connectivity index (χ4v) is 3.59. The highest BCUT2D eigenvalue weighted by molar-refractivity contribution is 7.99. The number of benzene rings is 2. The summed E-state index contributed by atoms with van der Waals surface area (Å²) in [5, 5.41) is 0.861. The Morgan fingerprint density at radius 2 is 2.00 bits per heavy atom. The van der Waals surface area contributed by atoms with Gasteiger partial charge in [-0.2, -0.15) is 4.98 Å². The Morgan fingerprint density at radius 3 is 2.77 bits per heavy atom. The molecule has 0 bridgehead atoms. The van der Waals surface area contributed by atoms with Gasteiger partial charge in [0.1, 0.15) is 5.03 Å². The molecule has 4 rings (SSSR count). The van der Waals surface area contributed by atoms with Crippen molar-refractivity contribution < 1.29 is 9.47 Å². The van der Waals surface area contributed by atoms with Gasteiger partial charge in [-0.1, -0.05) is 60.1 Å². The van der Waals surface area contributed by atoms with Crippen molar-refractivity contribution in [3.63, 3.8) is 0 Å². The molecular weight excluding hydrogens is 344 g/mol. The van der Waals surface area contributed by atoms with E-state index in [1.54, 1.807) is 7.11 Å². The van der Waals surface area contributed by atoms with Crippen LogP contribution in [0.15, 0.2) is 53.6 Å². The van der Waals surface area contributed by atoms with Gasteiger partial charge in [-0.05, 0) is 6.07 Å². The van der Waals surface area contributed by atoms with Crippen LogP contribution in [0, 0.1) is 12.3 Å².